The minimum absolute atomic E-state index is 0.259. The molecule has 2 aromatic rings. The Morgan fingerprint density at radius 1 is 1.00 bits per heavy atom. The number of anilines is 1. The van der Waals surface area contributed by atoms with Gasteiger partial charge in [-0.05, 0) is 67.8 Å². The zero-order valence-corrected chi connectivity index (χ0v) is 16.7. The van der Waals surface area contributed by atoms with Gasteiger partial charge < -0.3 is 9.47 Å². The van der Waals surface area contributed by atoms with Crippen LogP contribution in [0.1, 0.15) is 23.6 Å². The molecule has 0 radical (unpaired) electrons. The molecule has 0 atom stereocenters. The van der Waals surface area contributed by atoms with Crippen LogP contribution in [0, 0.1) is 13.8 Å². The van der Waals surface area contributed by atoms with Crippen LogP contribution in [0.4, 0.5) is 5.69 Å². The minimum atomic E-state index is -0.535. The molecule has 5 heteroatoms. The predicted octanol–water partition coefficient (Wildman–Crippen LogP) is 4.19. The van der Waals surface area contributed by atoms with Gasteiger partial charge >= 0.3 is 5.97 Å². The number of methoxy groups -OCH3 is 2. The third-order valence-corrected chi connectivity index (χ3v) is 4.66. The molecule has 2 aromatic carbocycles. The van der Waals surface area contributed by atoms with Crippen LogP contribution in [-0.4, -0.2) is 26.1 Å². The molecule has 28 heavy (non-hydrogen) atoms. The van der Waals surface area contributed by atoms with E-state index >= 15 is 0 Å². The largest absolute Gasteiger partial charge is 0.497 e. The number of hydrogen-bond acceptors (Lipinski definition) is 4. The second-order valence-corrected chi connectivity index (χ2v) is 6.77. The Morgan fingerprint density at radius 3 is 2.29 bits per heavy atom. The van der Waals surface area contributed by atoms with Gasteiger partial charge in [0.25, 0.3) is 5.91 Å². The summed E-state index contributed by atoms with van der Waals surface area (Å²) in [5.41, 5.74) is 4.71. The summed E-state index contributed by atoms with van der Waals surface area (Å²) in [7, 11) is 2.90. The van der Waals surface area contributed by atoms with E-state index in [1.807, 2.05) is 56.3 Å². The molecule has 144 valence electrons. The third kappa shape index (κ3) is 3.56. The van der Waals surface area contributed by atoms with Gasteiger partial charge in [0.15, 0.2) is 0 Å². The SMILES string of the molecule is COC(=O)C1=C(C)N(c2cc(C)cc(C)c2)C(=O)/C1=C\c1cccc(OC)c1. The first kappa shape index (κ1) is 19.4. The van der Waals surface area contributed by atoms with Gasteiger partial charge in [-0.1, -0.05) is 18.2 Å². The van der Waals surface area contributed by atoms with Crippen molar-refractivity contribution in [2.45, 2.75) is 20.8 Å². The molecule has 1 aliphatic rings. The van der Waals surface area contributed by atoms with E-state index in [1.165, 1.54) is 7.11 Å². The van der Waals surface area contributed by atoms with Crippen LogP contribution >= 0.6 is 0 Å². The van der Waals surface area contributed by atoms with Crippen LogP contribution in [0.3, 0.4) is 0 Å². The maximum absolute atomic E-state index is 13.3. The lowest BCUT2D eigenvalue weighted by Gasteiger charge is -2.19. The monoisotopic (exact) mass is 377 g/mol. The molecule has 3 rings (SSSR count). The van der Waals surface area contributed by atoms with Crippen LogP contribution in [0.2, 0.25) is 0 Å². The molecule has 1 heterocycles. The molecular formula is C23H23NO4. The molecule has 0 unspecified atom stereocenters. The number of hydrogen-bond donors (Lipinski definition) is 0. The van der Waals surface area contributed by atoms with Crippen molar-refractivity contribution in [2.75, 3.05) is 19.1 Å². The molecule has 0 spiro atoms. The second-order valence-electron chi connectivity index (χ2n) is 6.77. The van der Waals surface area contributed by atoms with Crippen LogP contribution in [0.15, 0.2) is 59.3 Å². The van der Waals surface area contributed by atoms with Gasteiger partial charge in [0.05, 0.1) is 25.4 Å². The zero-order chi connectivity index (χ0) is 20.4. The van der Waals surface area contributed by atoms with E-state index in [1.54, 1.807) is 25.0 Å². The van der Waals surface area contributed by atoms with Crippen molar-refractivity contribution < 1.29 is 19.1 Å². The summed E-state index contributed by atoms with van der Waals surface area (Å²) >= 11 is 0. The fourth-order valence-electron chi connectivity index (χ4n) is 3.47. The van der Waals surface area contributed by atoms with Crippen molar-refractivity contribution in [2.24, 2.45) is 0 Å². The predicted molar refractivity (Wildman–Crippen MR) is 109 cm³/mol. The van der Waals surface area contributed by atoms with E-state index in [9.17, 15) is 9.59 Å². The fourth-order valence-corrected chi connectivity index (χ4v) is 3.47. The number of esters is 1. The molecule has 0 saturated carbocycles. The first-order chi connectivity index (χ1) is 13.3. The fraction of sp³-hybridized carbons (Fsp3) is 0.217. The number of carbonyl (C=O) groups excluding carboxylic acids is 2. The Hall–Kier alpha value is -3.34. The Kier molecular flexibility index (Phi) is 5.36. The Labute approximate surface area is 164 Å². The van der Waals surface area contributed by atoms with Crippen LogP contribution < -0.4 is 9.64 Å². The summed E-state index contributed by atoms with van der Waals surface area (Å²) in [6.45, 7) is 5.71. The molecular weight excluding hydrogens is 354 g/mol. The number of rotatable bonds is 4. The van der Waals surface area contributed by atoms with Crippen molar-refractivity contribution >= 4 is 23.6 Å². The van der Waals surface area contributed by atoms with Gasteiger partial charge in [-0.2, -0.15) is 0 Å². The third-order valence-electron chi connectivity index (χ3n) is 4.66. The van der Waals surface area contributed by atoms with Crippen molar-refractivity contribution in [3.8, 4) is 5.75 Å². The summed E-state index contributed by atoms with van der Waals surface area (Å²) in [6, 6.07) is 13.2. The molecule has 1 aliphatic heterocycles. The maximum atomic E-state index is 13.3. The van der Waals surface area contributed by atoms with Gasteiger partial charge in [0.2, 0.25) is 0 Å². The van der Waals surface area contributed by atoms with Crippen LogP contribution in [0.25, 0.3) is 6.08 Å². The van der Waals surface area contributed by atoms with E-state index in [2.05, 4.69) is 0 Å². The molecule has 5 nitrogen and oxygen atoms in total. The summed E-state index contributed by atoms with van der Waals surface area (Å²) in [6.07, 6.45) is 1.70. The summed E-state index contributed by atoms with van der Waals surface area (Å²) in [4.78, 5) is 27.4. The van der Waals surface area contributed by atoms with Gasteiger partial charge in [-0.3, -0.25) is 9.69 Å². The highest BCUT2D eigenvalue weighted by atomic mass is 16.5. The van der Waals surface area contributed by atoms with Crippen molar-refractivity contribution in [3.05, 3.63) is 76.0 Å². The van der Waals surface area contributed by atoms with E-state index in [-0.39, 0.29) is 11.5 Å². The maximum Gasteiger partial charge on any atom is 0.340 e. The molecule has 1 amide bonds. The summed E-state index contributed by atoms with van der Waals surface area (Å²) in [5.74, 6) is -0.121. The average Bonchev–Trinajstić information content (AvgIpc) is 2.90. The topological polar surface area (TPSA) is 55.8 Å². The van der Waals surface area contributed by atoms with E-state index in [4.69, 9.17) is 9.47 Å². The number of aryl methyl sites for hydroxylation is 2. The first-order valence-corrected chi connectivity index (χ1v) is 8.93. The highest BCUT2D eigenvalue weighted by molar-refractivity contribution is 6.23. The smallest absolute Gasteiger partial charge is 0.340 e. The van der Waals surface area contributed by atoms with E-state index < -0.39 is 5.97 Å². The summed E-state index contributed by atoms with van der Waals surface area (Å²) < 4.78 is 10.2. The van der Waals surface area contributed by atoms with Crippen LogP contribution in [-0.2, 0) is 14.3 Å². The Bertz CT molecular complexity index is 997. The number of allylic oxidation sites excluding steroid dienone is 1. The highest BCUT2D eigenvalue weighted by Crippen LogP contribution is 2.36. The number of carbonyl (C=O) groups is 2. The quantitative estimate of drug-likeness (QED) is 0.592. The number of nitrogens with zero attached hydrogens (tertiary/aromatic N) is 1. The van der Waals surface area contributed by atoms with Crippen LogP contribution in [0.5, 0.6) is 5.75 Å². The van der Waals surface area contributed by atoms with Crippen molar-refractivity contribution in [1.82, 2.24) is 0 Å². The molecule has 0 aliphatic carbocycles. The minimum Gasteiger partial charge on any atom is -0.497 e. The molecule has 0 fully saturated rings. The number of amides is 1. The van der Waals surface area contributed by atoms with Gasteiger partial charge in [0.1, 0.15) is 5.75 Å². The Balaban J connectivity index is 2.16. The van der Waals surface area contributed by atoms with Gasteiger partial charge in [-0.25, -0.2) is 4.79 Å². The molecule has 0 aromatic heterocycles. The highest BCUT2D eigenvalue weighted by Gasteiger charge is 2.38. The molecule has 0 bridgehead atoms. The molecule has 0 N–H and O–H groups in total. The Morgan fingerprint density at radius 2 is 1.68 bits per heavy atom. The van der Waals surface area contributed by atoms with Gasteiger partial charge in [-0.15, -0.1) is 0 Å². The van der Waals surface area contributed by atoms with Crippen molar-refractivity contribution in [1.29, 1.82) is 0 Å². The lowest BCUT2D eigenvalue weighted by molar-refractivity contribution is -0.136. The van der Waals surface area contributed by atoms with E-state index in [0.717, 1.165) is 22.4 Å². The zero-order valence-electron chi connectivity index (χ0n) is 16.7. The van der Waals surface area contributed by atoms with E-state index in [0.29, 0.717) is 17.0 Å². The standard InChI is InChI=1S/C23H23NO4/c1-14-9-15(2)11-18(10-14)24-16(3)21(23(26)28-5)20(22(24)25)13-17-7-6-8-19(12-17)27-4/h6-13H,1-5H3/b20-13-. The lowest BCUT2D eigenvalue weighted by Crippen LogP contribution is -2.24. The van der Waals surface area contributed by atoms with Crippen molar-refractivity contribution in [3.63, 3.8) is 0 Å². The molecule has 0 saturated heterocycles. The normalized spacial score (nSPS) is 15.4. The summed E-state index contributed by atoms with van der Waals surface area (Å²) in [5, 5.41) is 0. The second kappa shape index (κ2) is 7.72. The number of benzene rings is 2. The first-order valence-electron chi connectivity index (χ1n) is 8.93. The number of ether oxygens (including phenoxy) is 2. The average molecular weight is 377 g/mol. The van der Waals surface area contributed by atoms with Gasteiger partial charge in [0, 0.05) is 11.4 Å². The lowest BCUT2D eigenvalue weighted by atomic mass is 10.0.